The van der Waals surface area contributed by atoms with E-state index in [0.29, 0.717) is 16.6 Å². The molecule has 1 aromatic heterocycles. The summed E-state index contributed by atoms with van der Waals surface area (Å²) in [4.78, 5) is 0. The zero-order valence-electron chi connectivity index (χ0n) is 7.00. The summed E-state index contributed by atoms with van der Waals surface area (Å²) in [5.41, 5.74) is 6.21. The highest BCUT2D eigenvalue weighted by atomic mass is 79.9. The molecule has 0 radical (unpaired) electrons. The van der Waals surface area contributed by atoms with Crippen LogP contribution in [-0.4, -0.2) is 5.16 Å². The molecule has 14 heavy (non-hydrogen) atoms. The van der Waals surface area contributed by atoms with Crippen molar-refractivity contribution in [1.82, 2.24) is 5.16 Å². The van der Waals surface area contributed by atoms with Gasteiger partial charge < -0.3 is 10.3 Å². The highest BCUT2D eigenvalue weighted by Gasteiger charge is 2.09. The van der Waals surface area contributed by atoms with Gasteiger partial charge in [-0.2, -0.15) is 0 Å². The van der Waals surface area contributed by atoms with Gasteiger partial charge in [0.05, 0.1) is 5.02 Å². The number of nitrogen functional groups attached to an aromatic ring is 1. The normalized spacial score (nSPS) is 10.4. The first-order valence-electron chi connectivity index (χ1n) is 3.84. The van der Waals surface area contributed by atoms with Crippen LogP contribution in [-0.2, 0) is 0 Å². The molecule has 0 aliphatic heterocycles. The summed E-state index contributed by atoms with van der Waals surface area (Å²) in [7, 11) is 0. The summed E-state index contributed by atoms with van der Waals surface area (Å²) in [6, 6.07) is 7.11. The molecule has 2 N–H and O–H groups in total. The Morgan fingerprint density at radius 1 is 1.36 bits per heavy atom. The summed E-state index contributed by atoms with van der Waals surface area (Å²) >= 11 is 9.34. The van der Waals surface area contributed by atoms with Crippen LogP contribution in [0.2, 0.25) is 5.02 Å². The van der Waals surface area contributed by atoms with Crippen molar-refractivity contribution in [2.75, 3.05) is 5.73 Å². The lowest BCUT2D eigenvalue weighted by Gasteiger charge is -1.99. The van der Waals surface area contributed by atoms with Gasteiger partial charge >= 0.3 is 0 Å². The molecule has 5 heteroatoms. The van der Waals surface area contributed by atoms with Crippen LogP contribution >= 0.6 is 27.5 Å². The Bertz CT molecular complexity index is 470. The fourth-order valence-electron chi connectivity index (χ4n) is 1.10. The van der Waals surface area contributed by atoms with Gasteiger partial charge in [-0.3, -0.25) is 0 Å². The number of hydrogen-bond donors (Lipinski definition) is 1. The summed E-state index contributed by atoms with van der Waals surface area (Å²) in [6.07, 6.45) is 0. The molecule has 0 atom stereocenters. The topological polar surface area (TPSA) is 52.0 Å². The first-order chi connectivity index (χ1) is 6.66. The van der Waals surface area contributed by atoms with Gasteiger partial charge in [0.15, 0.2) is 11.6 Å². The molecule has 0 fully saturated rings. The van der Waals surface area contributed by atoms with Crippen molar-refractivity contribution >= 4 is 33.3 Å². The maximum Gasteiger partial charge on any atom is 0.170 e. The fourth-order valence-corrected chi connectivity index (χ4v) is 1.67. The molecule has 0 amide bonds. The summed E-state index contributed by atoms with van der Waals surface area (Å²) in [5, 5.41) is 4.19. The monoisotopic (exact) mass is 272 g/mol. The number of rotatable bonds is 1. The number of nitrogens with zero attached hydrogens (tertiary/aromatic N) is 1. The second-order valence-electron chi connectivity index (χ2n) is 2.74. The van der Waals surface area contributed by atoms with Gasteiger partial charge in [0.25, 0.3) is 0 Å². The van der Waals surface area contributed by atoms with Gasteiger partial charge in [0.2, 0.25) is 0 Å². The molecule has 0 aliphatic rings. The van der Waals surface area contributed by atoms with Crippen LogP contribution in [0.25, 0.3) is 11.3 Å². The summed E-state index contributed by atoms with van der Waals surface area (Å²) < 4.78 is 5.93. The zero-order chi connectivity index (χ0) is 10.1. The Morgan fingerprint density at radius 3 is 2.79 bits per heavy atom. The predicted octanol–water partition coefficient (Wildman–Crippen LogP) is 3.34. The van der Waals surface area contributed by atoms with Gasteiger partial charge in [-0.15, -0.1) is 0 Å². The number of hydrogen-bond acceptors (Lipinski definition) is 3. The third-order valence-corrected chi connectivity index (χ3v) is 2.55. The van der Waals surface area contributed by atoms with Crippen molar-refractivity contribution in [3.63, 3.8) is 0 Å². The molecule has 0 bridgehead atoms. The summed E-state index contributed by atoms with van der Waals surface area (Å²) in [5.74, 6) is 0.907. The quantitative estimate of drug-likeness (QED) is 0.867. The van der Waals surface area contributed by atoms with Crippen molar-refractivity contribution in [3.8, 4) is 11.3 Å². The zero-order valence-corrected chi connectivity index (χ0v) is 9.34. The smallest absolute Gasteiger partial charge is 0.170 e. The minimum atomic E-state index is 0.344. The van der Waals surface area contributed by atoms with Crippen LogP contribution in [0.3, 0.4) is 0 Å². The van der Waals surface area contributed by atoms with E-state index in [2.05, 4.69) is 21.1 Å². The molecule has 1 heterocycles. The van der Waals surface area contributed by atoms with Gasteiger partial charge in [-0.05, 0) is 18.2 Å². The number of benzene rings is 1. The molecule has 1 aromatic carbocycles. The van der Waals surface area contributed by atoms with Gasteiger partial charge in [0.1, 0.15) is 0 Å². The Hall–Kier alpha value is -1.00. The number of anilines is 1. The molecule has 0 aliphatic carbocycles. The van der Waals surface area contributed by atoms with E-state index in [1.807, 2.05) is 12.1 Å². The van der Waals surface area contributed by atoms with Crippen LogP contribution < -0.4 is 5.73 Å². The second kappa shape index (κ2) is 3.63. The largest absolute Gasteiger partial charge is 0.381 e. The van der Waals surface area contributed by atoms with Crippen LogP contribution in [0.1, 0.15) is 0 Å². The van der Waals surface area contributed by atoms with Crippen LogP contribution in [0.5, 0.6) is 0 Å². The van der Waals surface area contributed by atoms with Gasteiger partial charge in [0, 0.05) is 16.1 Å². The maximum absolute atomic E-state index is 5.99. The minimum Gasteiger partial charge on any atom is -0.381 e. The average Bonchev–Trinajstić information content (AvgIpc) is 2.56. The van der Waals surface area contributed by atoms with Crippen molar-refractivity contribution in [2.24, 2.45) is 0 Å². The van der Waals surface area contributed by atoms with E-state index in [4.69, 9.17) is 21.9 Å². The van der Waals surface area contributed by atoms with E-state index in [9.17, 15) is 0 Å². The predicted molar refractivity (Wildman–Crippen MR) is 59.1 cm³/mol. The molecule has 2 aromatic rings. The summed E-state index contributed by atoms with van der Waals surface area (Å²) in [6.45, 7) is 0. The lowest BCUT2D eigenvalue weighted by molar-refractivity contribution is 0.436. The van der Waals surface area contributed by atoms with Gasteiger partial charge in [-0.25, -0.2) is 0 Å². The molecule has 2 rings (SSSR count). The average molecular weight is 274 g/mol. The molecule has 0 unspecified atom stereocenters. The van der Waals surface area contributed by atoms with Crippen molar-refractivity contribution in [1.29, 1.82) is 0 Å². The molecular weight excluding hydrogens is 267 g/mol. The van der Waals surface area contributed by atoms with E-state index >= 15 is 0 Å². The van der Waals surface area contributed by atoms with Crippen molar-refractivity contribution in [2.45, 2.75) is 0 Å². The lowest BCUT2D eigenvalue weighted by atomic mass is 10.2. The Balaban J connectivity index is 2.55. The van der Waals surface area contributed by atoms with Crippen molar-refractivity contribution in [3.05, 3.63) is 33.8 Å². The Kier molecular flexibility index (Phi) is 2.48. The highest BCUT2D eigenvalue weighted by Crippen LogP contribution is 2.31. The van der Waals surface area contributed by atoms with Gasteiger partial charge in [-0.1, -0.05) is 32.7 Å². The number of nitrogens with two attached hydrogens (primary N) is 1. The fraction of sp³-hybridized carbons (Fsp3) is 0. The van der Waals surface area contributed by atoms with E-state index < -0.39 is 0 Å². The molecular formula is C9H6BrClN2O. The first-order valence-corrected chi connectivity index (χ1v) is 5.01. The van der Waals surface area contributed by atoms with E-state index in [1.165, 1.54) is 0 Å². The molecule has 0 spiro atoms. The van der Waals surface area contributed by atoms with Crippen LogP contribution in [0.4, 0.5) is 5.82 Å². The highest BCUT2D eigenvalue weighted by molar-refractivity contribution is 9.10. The third-order valence-electron chi connectivity index (χ3n) is 1.72. The maximum atomic E-state index is 5.99. The second-order valence-corrected chi connectivity index (χ2v) is 4.06. The lowest BCUT2D eigenvalue weighted by Crippen LogP contribution is -1.80. The third kappa shape index (κ3) is 1.76. The molecule has 0 saturated heterocycles. The molecule has 0 saturated carbocycles. The SMILES string of the molecule is Nc1cc(-c2cc(Br)ccc2Cl)on1. The Labute approximate surface area is 94.0 Å². The van der Waals surface area contributed by atoms with Crippen molar-refractivity contribution < 1.29 is 4.52 Å². The standard InChI is InChI=1S/C9H6BrClN2O/c10-5-1-2-7(11)6(3-5)8-4-9(12)13-14-8/h1-4H,(H2,12,13). The van der Waals surface area contributed by atoms with Crippen LogP contribution in [0, 0.1) is 0 Å². The first kappa shape index (κ1) is 9.55. The van der Waals surface area contributed by atoms with Crippen LogP contribution in [0.15, 0.2) is 33.3 Å². The molecule has 3 nitrogen and oxygen atoms in total. The number of aromatic nitrogens is 1. The van der Waals surface area contributed by atoms with E-state index in [1.54, 1.807) is 12.1 Å². The van der Waals surface area contributed by atoms with E-state index in [0.717, 1.165) is 10.0 Å². The van der Waals surface area contributed by atoms with E-state index in [-0.39, 0.29) is 0 Å². The molecule has 72 valence electrons. The number of halogens is 2. The Morgan fingerprint density at radius 2 is 2.14 bits per heavy atom. The minimum absolute atomic E-state index is 0.344.